The van der Waals surface area contributed by atoms with Crippen molar-refractivity contribution in [1.29, 1.82) is 0 Å². The van der Waals surface area contributed by atoms with Gasteiger partial charge in [0, 0.05) is 32.0 Å². The third-order valence-corrected chi connectivity index (χ3v) is 6.85. The van der Waals surface area contributed by atoms with Crippen LogP contribution in [0, 0.1) is 5.41 Å². The van der Waals surface area contributed by atoms with Gasteiger partial charge < -0.3 is 14.9 Å². The summed E-state index contributed by atoms with van der Waals surface area (Å²) in [5.41, 5.74) is 0.255. The summed E-state index contributed by atoms with van der Waals surface area (Å²) in [6.07, 6.45) is 13.3. The van der Waals surface area contributed by atoms with Crippen LogP contribution in [0.15, 0.2) is 18.6 Å². The summed E-state index contributed by atoms with van der Waals surface area (Å²) < 4.78 is 0. The third kappa shape index (κ3) is 3.76. The number of amides is 1. The van der Waals surface area contributed by atoms with E-state index in [1.807, 2.05) is 4.90 Å². The van der Waals surface area contributed by atoms with Gasteiger partial charge in [-0.15, -0.1) is 0 Å². The summed E-state index contributed by atoms with van der Waals surface area (Å²) in [7, 11) is 0. The summed E-state index contributed by atoms with van der Waals surface area (Å²) in [4.78, 5) is 25.0. The van der Waals surface area contributed by atoms with Gasteiger partial charge in [-0.1, -0.05) is 0 Å². The molecule has 0 atom stereocenters. The Morgan fingerprint density at radius 1 is 1.00 bits per heavy atom. The summed E-state index contributed by atoms with van der Waals surface area (Å²) >= 11 is 0. The maximum absolute atomic E-state index is 12.5. The first kappa shape index (κ1) is 17.9. The molecule has 3 aliphatic rings. The fraction of sp³-hybridized carbons (Fsp3) is 0.750. The molecule has 6 heteroatoms. The predicted molar refractivity (Wildman–Crippen MR) is 98.7 cm³/mol. The van der Waals surface area contributed by atoms with Crippen LogP contribution in [0.4, 0.5) is 0 Å². The molecule has 142 valence electrons. The van der Waals surface area contributed by atoms with Crippen molar-refractivity contribution < 1.29 is 9.90 Å². The molecule has 0 radical (unpaired) electrons. The van der Waals surface area contributed by atoms with Crippen molar-refractivity contribution >= 4 is 5.91 Å². The quantitative estimate of drug-likeness (QED) is 0.896. The SMILES string of the molecule is O=C(c1cnccn1)N1CCC2(CC1)CCC(O)(CN1CCCC1)CC2. The van der Waals surface area contributed by atoms with Gasteiger partial charge in [0.2, 0.25) is 0 Å². The monoisotopic (exact) mass is 358 g/mol. The van der Waals surface area contributed by atoms with Crippen LogP contribution in [-0.4, -0.2) is 69.1 Å². The number of likely N-dealkylation sites (tertiary alicyclic amines) is 2. The lowest BCUT2D eigenvalue weighted by Crippen LogP contribution is -2.50. The van der Waals surface area contributed by atoms with Crippen molar-refractivity contribution in [1.82, 2.24) is 19.8 Å². The molecule has 1 N–H and O–H groups in total. The van der Waals surface area contributed by atoms with E-state index in [0.29, 0.717) is 11.1 Å². The van der Waals surface area contributed by atoms with Crippen molar-refractivity contribution in [3.05, 3.63) is 24.3 Å². The largest absolute Gasteiger partial charge is 0.389 e. The van der Waals surface area contributed by atoms with Gasteiger partial charge in [0.15, 0.2) is 0 Å². The zero-order valence-corrected chi connectivity index (χ0v) is 15.6. The van der Waals surface area contributed by atoms with Crippen LogP contribution < -0.4 is 0 Å². The number of nitrogens with zero attached hydrogens (tertiary/aromatic N) is 4. The van der Waals surface area contributed by atoms with E-state index in [2.05, 4.69) is 14.9 Å². The van der Waals surface area contributed by atoms with Crippen LogP contribution in [0.2, 0.25) is 0 Å². The maximum Gasteiger partial charge on any atom is 0.274 e. The minimum atomic E-state index is -0.498. The number of rotatable bonds is 3. The van der Waals surface area contributed by atoms with Crippen molar-refractivity contribution in [3.63, 3.8) is 0 Å². The normalized spacial score (nSPS) is 25.5. The minimum absolute atomic E-state index is 0.00528. The molecule has 2 saturated heterocycles. The summed E-state index contributed by atoms with van der Waals surface area (Å²) in [5, 5.41) is 11.0. The first-order chi connectivity index (χ1) is 12.6. The Hall–Kier alpha value is -1.53. The third-order valence-electron chi connectivity index (χ3n) is 6.85. The van der Waals surface area contributed by atoms with Crippen LogP contribution in [0.25, 0.3) is 0 Å². The molecule has 26 heavy (non-hydrogen) atoms. The highest BCUT2D eigenvalue weighted by atomic mass is 16.3. The molecule has 1 aromatic heterocycles. The van der Waals surface area contributed by atoms with Gasteiger partial charge in [0.25, 0.3) is 5.91 Å². The molecule has 0 unspecified atom stereocenters. The van der Waals surface area contributed by atoms with Gasteiger partial charge in [0.1, 0.15) is 5.69 Å². The Kier molecular flexibility index (Phi) is 4.97. The number of carbonyl (C=O) groups excluding carboxylic acids is 1. The van der Waals surface area contributed by atoms with Crippen LogP contribution in [0.3, 0.4) is 0 Å². The first-order valence-electron chi connectivity index (χ1n) is 10.1. The zero-order valence-electron chi connectivity index (χ0n) is 15.6. The zero-order chi connectivity index (χ0) is 18.0. The smallest absolute Gasteiger partial charge is 0.274 e. The number of aromatic nitrogens is 2. The van der Waals surface area contributed by atoms with Crippen LogP contribution in [0.1, 0.15) is 61.9 Å². The molecule has 1 amide bonds. The Bertz CT molecular complexity index is 612. The predicted octanol–water partition coefficient (Wildman–Crippen LogP) is 2.10. The van der Waals surface area contributed by atoms with Crippen molar-refractivity contribution in [2.75, 3.05) is 32.7 Å². The highest BCUT2D eigenvalue weighted by Crippen LogP contribution is 2.48. The second kappa shape index (κ2) is 7.24. The van der Waals surface area contributed by atoms with Crippen LogP contribution in [-0.2, 0) is 0 Å². The van der Waals surface area contributed by atoms with Crippen molar-refractivity contribution in [3.8, 4) is 0 Å². The van der Waals surface area contributed by atoms with Crippen LogP contribution >= 0.6 is 0 Å². The van der Waals surface area contributed by atoms with E-state index < -0.39 is 5.60 Å². The molecule has 1 spiro atoms. The highest BCUT2D eigenvalue weighted by Gasteiger charge is 2.44. The van der Waals surface area contributed by atoms with E-state index in [0.717, 1.165) is 71.2 Å². The molecule has 0 bridgehead atoms. The van der Waals surface area contributed by atoms with Gasteiger partial charge in [-0.05, 0) is 69.9 Å². The average Bonchev–Trinajstić information content (AvgIpc) is 3.18. The van der Waals surface area contributed by atoms with Gasteiger partial charge >= 0.3 is 0 Å². The highest BCUT2D eigenvalue weighted by molar-refractivity contribution is 5.92. The fourth-order valence-corrected chi connectivity index (χ4v) is 5.02. The molecule has 2 aliphatic heterocycles. The number of piperidine rings is 1. The molecule has 1 saturated carbocycles. The van der Waals surface area contributed by atoms with Gasteiger partial charge in [-0.25, -0.2) is 4.98 Å². The number of β-amino-alcohol motifs (C(OH)–C–C–N with tert-alkyl or cyclic N) is 1. The van der Waals surface area contributed by atoms with E-state index in [9.17, 15) is 9.90 Å². The van der Waals surface area contributed by atoms with Crippen molar-refractivity contribution in [2.45, 2.75) is 57.0 Å². The number of aliphatic hydroxyl groups is 1. The fourth-order valence-electron chi connectivity index (χ4n) is 5.02. The summed E-state index contributed by atoms with van der Waals surface area (Å²) in [6.45, 7) is 4.72. The molecule has 1 aliphatic carbocycles. The number of hydrogen-bond donors (Lipinski definition) is 1. The Morgan fingerprint density at radius 2 is 1.69 bits per heavy atom. The molecule has 1 aromatic rings. The second-order valence-electron chi connectivity index (χ2n) is 8.59. The lowest BCUT2D eigenvalue weighted by molar-refractivity contribution is -0.0648. The second-order valence-corrected chi connectivity index (χ2v) is 8.59. The van der Waals surface area contributed by atoms with E-state index in [-0.39, 0.29) is 5.91 Å². The molecule has 0 aromatic carbocycles. The molecular weight excluding hydrogens is 328 g/mol. The van der Waals surface area contributed by atoms with E-state index in [1.54, 1.807) is 18.6 Å². The standard InChI is InChI=1S/C20H30N4O2/c25-18(17-15-21-9-10-22-17)24-13-7-19(8-14-24)3-5-20(26,6-4-19)16-23-11-1-2-12-23/h9-10,15,26H,1-8,11-14,16H2. The van der Waals surface area contributed by atoms with Crippen LogP contribution in [0.5, 0.6) is 0 Å². The van der Waals surface area contributed by atoms with E-state index >= 15 is 0 Å². The maximum atomic E-state index is 12.5. The lowest BCUT2D eigenvalue weighted by Gasteiger charge is -2.49. The molecule has 3 heterocycles. The molecule has 4 rings (SSSR count). The molecular formula is C20H30N4O2. The number of carbonyl (C=O) groups is 1. The van der Waals surface area contributed by atoms with Crippen molar-refractivity contribution in [2.24, 2.45) is 5.41 Å². The Balaban J connectivity index is 1.30. The van der Waals surface area contributed by atoms with Gasteiger partial charge in [0.05, 0.1) is 11.8 Å². The first-order valence-corrected chi connectivity index (χ1v) is 10.1. The van der Waals surface area contributed by atoms with E-state index in [4.69, 9.17) is 0 Å². The summed E-state index contributed by atoms with van der Waals surface area (Å²) in [5.74, 6) is -0.00528. The van der Waals surface area contributed by atoms with Gasteiger partial charge in [-0.2, -0.15) is 0 Å². The number of hydrogen-bond acceptors (Lipinski definition) is 5. The summed E-state index contributed by atoms with van der Waals surface area (Å²) in [6, 6.07) is 0. The Morgan fingerprint density at radius 3 is 2.31 bits per heavy atom. The lowest BCUT2D eigenvalue weighted by atomic mass is 9.64. The topological polar surface area (TPSA) is 69.6 Å². The van der Waals surface area contributed by atoms with E-state index in [1.165, 1.54) is 12.8 Å². The molecule has 3 fully saturated rings. The average molecular weight is 358 g/mol. The minimum Gasteiger partial charge on any atom is -0.389 e. The molecule has 6 nitrogen and oxygen atoms in total. The Labute approximate surface area is 155 Å². The van der Waals surface area contributed by atoms with Gasteiger partial charge in [-0.3, -0.25) is 9.78 Å².